The molecule has 124 valence electrons. The number of rotatable bonds is 2. The Kier molecular flexibility index (Phi) is 3.80. The molecule has 0 radical (unpaired) electrons. The van der Waals surface area contributed by atoms with E-state index in [1.165, 1.54) is 0 Å². The molecule has 2 aromatic carbocycles. The molecule has 0 amide bonds. The summed E-state index contributed by atoms with van der Waals surface area (Å²) < 4.78 is 5.31. The highest BCUT2D eigenvalue weighted by Gasteiger charge is 2.46. The lowest BCUT2D eigenvalue weighted by molar-refractivity contribution is -0.159. The van der Waals surface area contributed by atoms with Crippen LogP contribution in [0.4, 0.5) is 0 Å². The van der Waals surface area contributed by atoms with Crippen molar-refractivity contribution in [3.63, 3.8) is 0 Å². The van der Waals surface area contributed by atoms with Crippen LogP contribution in [0.5, 0.6) is 0 Å². The van der Waals surface area contributed by atoms with Crippen molar-refractivity contribution < 1.29 is 19.4 Å². The number of hydrogen-bond acceptors (Lipinski definition) is 4. The summed E-state index contributed by atoms with van der Waals surface area (Å²) in [5.74, 6) is -1.07. The molecular weight excluding hydrogens is 304 g/mol. The number of Topliss-reactive ketones (excluding diaryl/α,β-unsaturated/α-hetero) is 1. The zero-order valence-electron chi connectivity index (χ0n) is 14.0. The van der Waals surface area contributed by atoms with E-state index in [-0.39, 0.29) is 0 Å². The molecule has 1 atom stereocenters. The van der Waals surface area contributed by atoms with Crippen molar-refractivity contribution in [3.8, 4) is 11.1 Å². The highest BCUT2D eigenvalue weighted by Crippen LogP contribution is 2.43. The molecule has 4 nitrogen and oxygen atoms in total. The van der Waals surface area contributed by atoms with E-state index >= 15 is 0 Å². The minimum absolute atomic E-state index is 0.408. The minimum atomic E-state index is -1.91. The number of esters is 1. The van der Waals surface area contributed by atoms with Gasteiger partial charge in [-0.1, -0.05) is 48.5 Å². The number of ether oxygens (including phenoxy) is 1. The Balaban J connectivity index is 2.09. The predicted octanol–water partition coefficient (Wildman–Crippen LogP) is 3.47. The molecule has 24 heavy (non-hydrogen) atoms. The Morgan fingerprint density at radius 1 is 1.00 bits per heavy atom. The van der Waals surface area contributed by atoms with Crippen LogP contribution in [0.25, 0.3) is 11.1 Å². The average Bonchev–Trinajstić information content (AvgIpc) is 2.51. The van der Waals surface area contributed by atoms with Crippen molar-refractivity contribution in [2.45, 2.75) is 38.4 Å². The molecule has 0 heterocycles. The second kappa shape index (κ2) is 5.56. The van der Waals surface area contributed by atoms with E-state index in [1.54, 1.807) is 45.0 Å². The summed E-state index contributed by atoms with van der Waals surface area (Å²) in [6, 6.07) is 14.3. The van der Waals surface area contributed by atoms with Crippen LogP contribution < -0.4 is 0 Å². The summed E-state index contributed by atoms with van der Waals surface area (Å²) in [6.45, 7) is 5.25. The Morgan fingerprint density at radius 2 is 1.54 bits per heavy atom. The molecule has 1 aliphatic rings. The van der Waals surface area contributed by atoms with E-state index in [1.807, 2.05) is 24.3 Å². The second-order valence-corrected chi connectivity index (χ2v) is 7.04. The van der Waals surface area contributed by atoms with Crippen LogP contribution in [0.3, 0.4) is 0 Å². The third kappa shape index (κ3) is 2.74. The summed E-state index contributed by atoms with van der Waals surface area (Å²) in [6.07, 6.45) is -0.408. The summed E-state index contributed by atoms with van der Waals surface area (Å²) in [4.78, 5) is 25.2. The van der Waals surface area contributed by atoms with Crippen molar-refractivity contribution in [2.75, 3.05) is 0 Å². The van der Waals surface area contributed by atoms with Crippen molar-refractivity contribution in [2.24, 2.45) is 0 Å². The Hall–Kier alpha value is -2.46. The quantitative estimate of drug-likeness (QED) is 0.859. The zero-order chi connectivity index (χ0) is 17.5. The molecule has 1 unspecified atom stereocenters. The zero-order valence-corrected chi connectivity index (χ0v) is 14.0. The first-order valence-electron chi connectivity index (χ1n) is 7.90. The summed E-state index contributed by atoms with van der Waals surface area (Å²) in [5.41, 5.74) is -0.192. The second-order valence-electron chi connectivity index (χ2n) is 7.04. The SMILES string of the molecule is CC(C)(C)OC(=O)CC1(O)C(=O)c2ccccc2-c2ccccc21. The molecule has 0 fully saturated rings. The first-order chi connectivity index (χ1) is 11.2. The maximum absolute atomic E-state index is 12.9. The number of ketones is 1. The van der Waals surface area contributed by atoms with Gasteiger partial charge in [-0.3, -0.25) is 9.59 Å². The third-order valence-corrected chi connectivity index (χ3v) is 4.03. The third-order valence-electron chi connectivity index (χ3n) is 4.03. The fourth-order valence-corrected chi connectivity index (χ4v) is 3.10. The number of hydrogen-bond donors (Lipinski definition) is 1. The van der Waals surface area contributed by atoms with Gasteiger partial charge in [-0.2, -0.15) is 0 Å². The van der Waals surface area contributed by atoms with Crippen LogP contribution in [0.1, 0.15) is 43.1 Å². The largest absolute Gasteiger partial charge is 0.460 e. The number of aliphatic hydroxyl groups is 1. The molecule has 0 aliphatic heterocycles. The van der Waals surface area contributed by atoms with Gasteiger partial charge >= 0.3 is 5.97 Å². The Labute approximate surface area is 141 Å². The van der Waals surface area contributed by atoms with Crippen LogP contribution in [0, 0.1) is 0 Å². The number of benzene rings is 2. The van der Waals surface area contributed by atoms with E-state index in [2.05, 4.69) is 0 Å². The van der Waals surface area contributed by atoms with E-state index in [0.29, 0.717) is 11.1 Å². The van der Waals surface area contributed by atoms with E-state index in [4.69, 9.17) is 4.74 Å². The monoisotopic (exact) mass is 324 g/mol. The molecule has 0 spiro atoms. The highest BCUT2D eigenvalue weighted by molar-refractivity contribution is 6.12. The standard InChI is InChI=1S/C20H20O4/c1-19(2,3)24-17(21)12-20(23)16-11-7-6-9-14(16)13-8-4-5-10-15(13)18(20)22/h4-11,23H,12H2,1-3H3. The summed E-state index contributed by atoms with van der Waals surface area (Å²) in [5, 5.41) is 11.2. The van der Waals surface area contributed by atoms with Crippen molar-refractivity contribution >= 4 is 11.8 Å². The first-order valence-corrected chi connectivity index (χ1v) is 7.90. The van der Waals surface area contributed by atoms with Crippen LogP contribution in [-0.2, 0) is 15.1 Å². The highest BCUT2D eigenvalue weighted by atomic mass is 16.6. The van der Waals surface area contributed by atoms with Crippen LogP contribution in [0.2, 0.25) is 0 Å². The van der Waals surface area contributed by atoms with E-state index in [0.717, 1.165) is 11.1 Å². The molecule has 0 saturated carbocycles. The topological polar surface area (TPSA) is 63.6 Å². The van der Waals surface area contributed by atoms with Crippen molar-refractivity contribution in [1.29, 1.82) is 0 Å². The van der Waals surface area contributed by atoms with Crippen LogP contribution in [-0.4, -0.2) is 22.5 Å². The average molecular weight is 324 g/mol. The van der Waals surface area contributed by atoms with Gasteiger partial charge in [-0.05, 0) is 37.5 Å². The van der Waals surface area contributed by atoms with Gasteiger partial charge in [0.15, 0.2) is 11.4 Å². The first kappa shape index (κ1) is 16.4. The number of carbonyl (C=O) groups excluding carboxylic acids is 2. The van der Waals surface area contributed by atoms with Gasteiger partial charge in [0.25, 0.3) is 0 Å². The predicted molar refractivity (Wildman–Crippen MR) is 90.6 cm³/mol. The van der Waals surface area contributed by atoms with Gasteiger partial charge in [0.2, 0.25) is 0 Å². The molecule has 0 aromatic heterocycles. The normalized spacial score (nSPS) is 19.4. The maximum Gasteiger partial charge on any atom is 0.310 e. The lowest BCUT2D eigenvalue weighted by Crippen LogP contribution is -2.42. The molecular formula is C20H20O4. The fourth-order valence-electron chi connectivity index (χ4n) is 3.10. The number of carbonyl (C=O) groups is 2. The lowest BCUT2D eigenvalue weighted by Gasteiger charge is -2.34. The maximum atomic E-state index is 12.9. The minimum Gasteiger partial charge on any atom is -0.460 e. The smallest absolute Gasteiger partial charge is 0.310 e. The van der Waals surface area contributed by atoms with Gasteiger partial charge in [0.1, 0.15) is 5.60 Å². The van der Waals surface area contributed by atoms with Crippen LogP contribution >= 0.6 is 0 Å². The number of fused-ring (bicyclic) bond motifs is 3. The van der Waals surface area contributed by atoms with Gasteiger partial charge in [0.05, 0.1) is 6.42 Å². The van der Waals surface area contributed by atoms with E-state index < -0.39 is 29.4 Å². The van der Waals surface area contributed by atoms with E-state index in [9.17, 15) is 14.7 Å². The van der Waals surface area contributed by atoms with Crippen molar-refractivity contribution in [3.05, 3.63) is 59.7 Å². The molecule has 0 saturated heterocycles. The molecule has 1 aliphatic carbocycles. The molecule has 0 bridgehead atoms. The Bertz CT molecular complexity index is 816. The van der Waals surface area contributed by atoms with Gasteiger partial charge in [0, 0.05) is 5.56 Å². The van der Waals surface area contributed by atoms with Crippen LogP contribution in [0.15, 0.2) is 48.5 Å². The van der Waals surface area contributed by atoms with Gasteiger partial charge in [-0.25, -0.2) is 0 Å². The van der Waals surface area contributed by atoms with Crippen molar-refractivity contribution in [1.82, 2.24) is 0 Å². The Morgan fingerprint density at radius 3 is 2.17 bits per heavy atom. The lowest BCUT2D eigenvalue weighted by atomic mass is 9.73. The van der Waals surface area contributed by atoms with Gasteiger partial charge in [-0.15, -0.1) is 0 Å². The fraction of sp³-hybridized carbons (Fsp3) is 0.300. The molecule has 2 aromatic rings. The molecule has 4 heteroatoms. The van der Waals surface area contributed by atoms with Gasteiger partial charge < -0.3 is 9.84 Å². The summed E-state index contributed by atoms with van der Waals surface area (Å²) in [7, 11) is 0. The molecule has 3 rings (SSSR count). The summed E-state index contributed by atoms with van der Waals surface area (Å²) >= 11 is 0. The molecule has 1 N–H and O–H groups in total.